The third kappa shape index (κ3) is 4.43. The van der Waals surface area contributed by atoms with Crippen molar-refractivity contribution in [2.45, 2.75) is 31.0 Å². The second kappa shape index (κ2) is 9.78. The van der Waals surface area contributed by atoms with E-state index in [4.69, 9.17) is 34.5 Å². The second-order valence-corrected chi connectivity index (χ2v) is 8.19. The second-order valence-electron chi connectivity index (χ2n) is 8.19. The van der Waals surface area contributed by atoms with Crippen molar-refractivity contribution in [2.24, 2.45) is 0 Å². The molecule has 14 heteroatoms. The van der Waals surface area contributed by atoms with E-state index in [1.165, 1.54) is 0 Å². The number of anilines is 2. The Hall–Kier alpha value is -2.87. The topological polar surface area (TPSA) is 148 Å². The Balaban J connectivity index is 0.00000274. The van der Waals surface area contributed by atoms with E-state index < -0.39 is 17.3 Å². The van der Waals surface area contributed by atoms with E-state index in [1.54, 1.807) is 26.4 Å². The average Bonchev–Trinajstić information content (AvgIpc) is 3.40. The van der Waals surface area contributed by atoms with Gasteiger partial charge in [0.25, 0.3) is 5.09 Å². The van der Waals surface area contributed by atoms with E-state index in [9.17, 15) is 10.1 Å². The Morgan fingerprint density at radius 1 is 1.15 bits per heavy atom. The number of ether oxygens (including phenoxy) is 4. The van der Waals surface area contributed by atoms with Crippen molar-refractivity contribution in [3.8, 4) is 11.5 Å². The van der Waals surface area contributed by atoms with Gasteiger partial charge in [0.1, 0.15) is 18.1 Å². The van der Waals surface area contributed by atoms with Crippen molar-refractivity contribution in [2.75, 3.05) is 57.6 Å². The molecular weight excluding hydrogens is 472 g/mol. The summed E-state index contributed by atoms with van der Waals surface area (Å²) in [4.78, 5) is 28.9. The van der Waals surface area contributed by atoms with Gasteiger partial charge in [-0.3, -0.25) is 4.90 Å². The highest BCUT2D eigenvalue weighted by Gasteiger charge is 2.49. The molecule has 2 aromatic rings. The predicted molar refractivity (Wildman–Crippen MR) is 123 cm³/mol. The molecule has 2 N–H and O–H groups in total. The third-order valence-corrected chi connectivity index (χ3v) is 6.40. The number of nitrogens with two attached hydrogens (primary N) is 1. The Morgan fingerprint density at radius 3 is 2.53 bits per heavy atom. The number of hydrogen-bond donors (Lipinski definition) is 1. The molecule has 3 aliphatic heterocycles. The summed E-state index contributed by atoms with van der Waals surface area (Å²) in [5.74, 6) is 2.07. The molecule has 4 heterocycles. The number of nitrogen functional groups attached to an aromatic ring is 1. The molecule has 1 aromatic heterocycles. The summed E-state index contributed by atoms with van der Waals surface area (Å²) in [6.07, 6.45) is -0.799. The highest BCUT2D eigenvalue weighted by molar-refractivity contribution is 5.91. The number of nitrogens with zero attached hydrogens (tertiary/aromatic N) is 5. The van der Waals surface area contributed by atoms with Crippen LogP contribution < -0.4 is 20.1 Å². The maximum atomic E-state index is 10.7. The minimum Gasteiger partial charge on any atom is -0.493 e. The fraction of sp³-hybridized carbons (Fsp3) is 0.600. The molecule has 0 spiro atoms. The molecule has 13 nitrogen and oxygen atoms in total. The summed E-state index contributed by atoms with van der Waals surface area (Å²) < 4.78 is 22.5. The maximum Gasteiger partial charge on any atom is 0.294 e. The summed E-state index contributed by atoms with van der Waals surface area (Å²) in [6, 6.07) is 3.57. The normalized spacial score (nSPS) is 26.7. The minimum atomic E-state index is -0.785. The lowest BCUT2D eigenvalue weighted by Gasteiger charge is -2.38. The molecule has 34 heavy (non-hydrogen) atoms. The van der Waals surface area contributed by atoms with E-state index >= 15 is 0 Å². The zero-order valence-corrected chi connectivity index (χ0v) is 19.6. The van der Waals surface area contributed by atoms with Crippen molar-refractivity contribution in [3.05, 3.63) is 22.2 Å². The van der Waals surface area contributed by atoms with Gasteiger partial charge in [-0.2, -0.15) is 4.98 Å². The van der Waals surface area contributed by atoms with Gasteiger partial charge in [-0.25, -0.2) is 4.98 Å². The van der Waals surface area contributed by atoms with Gasteiger partial charge < -0.3 is 34.4 Å². The van der Waals surface area contributed by atoms with Crippen molar-refractivity contribution in [1.29, 1.82) is 0 Å². The Labute approximate surface area is 201 Å². The lowest BCUT2D eigenvalue weighted by molar-refractivity contribution is -0.769. The number of fused-ring (bicyclic) bond motifs is 2. The van der Waals surface area contributed by atoms with Crippen LogP contribution in [0.25, 0.3) is 10.9 Å². The van der Waals surface area contributed by atoms with Gasteiger partial charge in [-0.05, 0) is 6.07 Å². The molecule has 3 saturated heterocycles. The monoisotopic (exact) mass is 498 g/mol. The van der Waals surface area contributed by atoms with E-state index in [0.29, 0.717) is 53.7 Å². The Kier molecular flexibility index (Phi) is 6.98. The van der Waals surface area contributed by atoms with Gasteiger partial charge in [0, 0.05) is 44.1 Å². The molecule has 4 atom stereocenters. The van der Waals surface area contributed by atoms with Crippen LogP contribution in [0.4, 0.5) is 11.8 Å². The molecule has 0 radical (unpaired) electrons. The summed E-state index contributed by atoms with van der Waals surface area (Å²) in [6.45, 7) is 2.98. The number of methoxy groups -OCH3 is 2. The van der Waals surface area contributed by atoms with E-state index in [1.807, 2.05) is 0 Å². The zero-order chi connectivity index (χ0) is 23.1. The molecule has 186 valence electrons. The van der Waals surface area contributed by atoms with Gasteiger partial charge in [0.2, 0.25) is 5.95 Å². The van der Waals surface area contributed by atoms with Crippen molar-refractivity contribution in [3.63, 3.8) is 0 Å². The van der Waals surface area contributed by atoms with Gasteiger partial charge >= 0.3 is 0 Å². The van der Waals surface area contributed by atoms with Gasteiger partial charge in [0.05, 0.1) is 32.4 Å². The quantitative estimate of drug-likeness (QED) is 0.444. The summed E-state index contributed by atoms with van der Waals surface area (Å²) in [7, 11) is 3.14. The first-order chi connectivity index (χ1) is 16.0. The first-order valence-corrected chi connectivity index (χ1v) is 10.7. The molecule has 0 aliphatic carbocycles. The molecule has 5 rings (SSSR count). The largest absolute Gasteiger partial charge is 0.493 e. The van der Waals surface area contributed by atoms with Crippen LogP contribution in [0, 0.1) is 10.1 Å². The molecule has 1 aromatic carbocycles. The number of hydrogen-bond acceptors (Lipinski definition) is 12. The van der Waals surface area contributed by atoms with Crippen LogP contribution in [-0.4, -0.2) is 91.5 Å². The van der Waals surface area contributed by atoms with Crippen LogP contribution in [0.3, 0.4) is 0 Å². The molecule has 0 amide bonds. The minimum absolute atomic E-state index is 0. The first-order valence-electron chi connectivity index (χ1n) is 10.7. The maximum absolute atomic E-state index is 10.7. The predicted octanol–water partition coefficient (Wildman–Crippen LogP) is 0.864. The smallest absolute Gasteiger partial charge is 0.294 e. The lowest BCUT2D eigenvalue weighted by Crippen LogP contribution is -2.51. The molecule has 0 saturated carbocycles. The number of rotatable bonds is 6. The molecule has 3 fully saturated rings. The summed E-state index contributed by atoms with van der Waals surface area (Å²) in [5.41, 5.74) is 6.91. The Morgan fingerprint density at radius 2 is 1.85 bits per heavy atom. The fourth-order valence-electron chi connectivity index (χ4n) is 4.71. The average molecular weight is 499 g/mol. The molecule has 3 aliphatic rings. The van der Waals surface area contributed by atoms with Crippen molar-refractivity contribution >= 4 is 35.1 Å². The van der Waals surface area contributed by atoms with Crippen LogP contribution in [0.15, 0.2) is 12.1 Å². The third-order valence-electron chi connectivity index (χ3n) is 6.40. The van der Waals surface area contributed by atoms with Crippen LogP contribution >= 0.6 is 12.4 Å². The number of aromatic nitrogens is 2. The summed E-state index contributed by atoms with van der Waals surface area (Å²) >= 11 is 0. The number of halogens is 1. The standard InChI is InChI=1S/C20H26N6O7.ClH/c1-29-13-7-11-12(8-14(13)30-2)22-20(23-19(11)21)25-5-3-24(4-6-25)17-9-15-18(32-17)16(10-31-15)33-26(27)28;/h7-8,15-18H,3-6,9-10H2,1-2H3,(H2,21,22,23);1H/t15-,16+,17+,18+;/m1./s1. The van der Waals surface area contributed by atoms with Crippen LogP contribution in [-0.2, 0) is 14.3 Å². The van der Waals surface area contributed by atoms with Crippen molar-refractivity contribution in [1.82, 2.24) is 14.9 Å². The van der Waals surface area contributed by atoms with E-state index in [2.05, 4.69) is 14.8 Å². The SMILES string of the molecule is COc1cc2nc(N3CCN([C@@H]4C[C@H]5OC[C@H](O[N+](=O)[O-])[C@H]5O4)CC3)nc(N)c2cc1OC.Cl. The lowest BCUT2D eigenvalue weighted by atomic mass is 10.1. The van der Waals surface area contributed by atoms with Gasteiger partial charge in [0.15, 0.2) is 17.6 Å². The van der Waals surface area contributed by atoms with Crippen LogP contribution in [0.1, 0.15) is 6.42 Å². The molecule has 0 unspecified atom stereocenters. The van der Waals surface area contributed by atoms with Gasteiger partial charge in [-0.1, -0.05) is 0 Å². The van der Waals surface area contributed by atoms with Crippen molar-refractivity contribution < 1.29 is 28.9 Å². The van der Waals surface area contributed by atoms with Gasteiger partial charge in [-0.15, -0.1) is 22.5 Å². The molecular formula is C20H27ClN6O7. The number of benzene rings is 1. The Bertz CT molecular complexity index is 1050. The van der Waals surface area contributed by atoms with E-state index in [-0.39, 0.29) is 31.3 Å². The zero-order valence-electron chi connectivity index (χ0n) is 18.8. The number of piperazine rings is 1. The van der Waals surface area contributed by atoms with Crippen LogP contribution in [0.2, 0.25) is 0 Å². The fourth-order valence-corrected chi connectivity index (χ4v) is 4.71. The first kappa shape index (κ1) is 24.3. The van der Waals surface area contributed by atoms with Crippen LogP contribution in [0.5, 0.6) is 11.5 Å². The highest BCUT2D eigenvalue weighted by atomic mass is 35.5. The highest BCUT2D eigenvalue weighted by Crippen LogP contribution is 2.36. The molecule has 0 bridgehead atoms. The van der Waals surface area contributed by atoms with E-state index in [0.717, 1.165) is 13.1 Å². The summed E-state index contributed by atoms with van der Waals surface area (Å²) in [5, 5.41) is 10.6.